The molecule has 1 aromatic carbocycles. The number of benzene rings is 1. The molecule has 0 bridgehead atoms. The maximum atomic E-state index is 14.8. The fourth-order valence-corrected chi connectivity index (χ4v) is 3.52. The van der Waals surface area contributed by atoms with Crippen molar-refractivity contribution in [3.63, 3.8) is 0 Å². The zero-order chi connectivity index (χ0) is 19.5. The summed E-state index contributed by atoms with van der Waals surface area (Å²) < 4.78 is 21.0. The number of nitrogens with two attached hydrogens (primary N) is 1. The molecule has 0 spiro atoms. The van der Waals surface area contributed by atoms with Gasteiger partial charge in [0, 0.05) is 41.3 Å². The minimum Gasteiger partial charge on any atom is -0.474 e. The van der Waals surface area contributed by atoms with Crippen LogP contribution in [0, 0.1) is 12.7 Å². The van der Waals surface area contributed by atoms with Gasteiger partial charge in [-0.1, -0.05) is 12.1 Å². The number of hydrogen-bond donors (Lipinski definition) is 1. The van der Waals surface area contributed by atoms with Crippen LogP contribution in [0.15, 0.2) is 48.9 Å². The minimum absolute atomic E-state index is 0.0993. The Morgan fingerprint density at radius 2 is 1.71 bits per heavy atom. The first-order chi connectivity index (χ1) is 13.6. The van der Waals surface area contributed by atoms with Crippen LogP contribution in [-0.2, 0) is 0 Å². The van der Waals surface area contributed by atoms with Crippen molar-refractivity contribution < 1.29 is 9.13 Å². The molecule has 0 unspecified atom stereocenters. The van der Waals surface area contributed by atoms with Gasteiger partial charge in [0.1, 0.15) is 17.7 Å². The molecular formula is C22H23FN4O. The molecule has 6 heteroatoms. The van der Waals surface area contributed by atoms with E-state index < -0.39 is 0 Å². The van der Waals surface area contributed by atoms with Gasteiger partial charge in [0.25, 0.3) is 0 Å². The Kier molecular flexibility index (Phi) is 5.30. The first-order valence-corrected chi connectivity index (χ1v) is 9.56. The molecule has 1 aliphatic carbocycles. The molecule has 2 N–H and O–H groups in total. The molecule has 1 saturated carbocycles. The summed E-state index contributed by atoms with van der Waals surface area (Å²) in [5, 5.41) is 0. The molecule has 28 heavy (non-hydrogen) atoms. The Morgan fingerprint density at radius 1 is 0.964 bits per heavy atom. The van der Waals surface area contributed by atoms with E-state index in [2.05, 4.69) is 15.0 Å². The third-order valence-electron chi connectivity index (χ3n) is 5.14. The van der Waals surface area contributed by atoms with Gasteiger partial charge in [-0.3, -0.25) is 0 Å². The topological polar surface area (TPSA) is 73.9 Å². The number of aromatic nitrogens is 3. The molecule has 0 radical (unpaired) electrons. The van der Waals surface area contributed by atoms with E-state index in [1.165, 1.54) is 6.07 Å². The summed E-state index contributed by atoms with van der Waals surface area (Å²) >= 11 is 0. The second-order valence-electron chi connectivity index (χ2n) is 7.22. The minimum atomic E-state index is -0.330. The van der Waals surface area contributed by atoms with Crippen molar-refractivity contribution in [1.29, 1.82) is 0 Å². The monoisotopic (exact) mass is 378 g/mol. The first kappa shape index (κ1) is 18.5. The first-order valence-electron chi connectivity index (χ1n) is 9.56. The highest BCUT2D eigenvalue weighted by Gasteiger charge is 2.22. The van der Waals surface area contributed by atoms with E-state index in [4.69, 9.17) is 10.5 Å². The lowest BCUT2D eigenvalue weighted by Crippen LogP contribution is -2.31. The SMILES string of the molecule is Cc1ncc(-c2ccc(-c3cccnc3OC3CCC(N)CC3)cc2F)cn1. The Labute approximate surface area is 163 Å². The maximum absolute atomic E-state index is 14.8. The highest BCUT2D eigenvalue weighted by Crippen LogP contribution is 2.33. The van der Waals surface area contributed by atoms with Gasteiger partial charge in [-0.15, -0.1) is 0 Å². The second kappa shape index (κ2) is 8.02. The third kappa shape index (κ3) is 4.02. The highest BCUT2D eigenvalue weighted by atomic mass is 19.1. The van der Waals surface area contributed by atoms with Crippen molar-refractivity contribution in [2.75, 3.05) is 0 Å². The molecule has 1 fully saturated rings. The van der Waals surface area contributed by atoms with E-state index in [9.17, 15) is 4.39 Å². The number of nitrogens with zero attached hydrogens (tertiary/aromatic N) is 3. The average molecular weight is 378 g/mol. The average Bonchev–Trinajstić information content (AvgIpc) is 2.71. The van der Waals surface area contributed by atoms with Gasteiger partial charge in [0.15, 0.2) is 0 Å². The van der Waals surface area contributed by atoms with Gasteiger partial charge in [0.05, 0.1) is 0 Å². The fourth-order valence-electron chi connectivity index (χ4n) is 3.52. The Hall–Kier alpha value is -2.86. The Balaban J connectivity index is 1.61. The predicted molar refractivity (Wildman–Crippen MR) is 106 cm³/mol. The van der Waals surface area contributed by atoms with Gasteiger partial charge in [-0.25, -0.2) is 19.3 Å². The smallest absolute Gasteiger partial charge is 0.221 e. The molecule has 2 aromatic heterocycles. The molecule has 5 nitrogen and oxygen atoms in total. The van der Waals surface area contributed by atoms with Crippen molar-refractivity contribution in [1.82, 2.24) is 15.0 Å². The number of pyridine rings is 1. The van der Waals surface area contributed by atoms with E-state index in [-0.39, 0.29) is 18.0 Å². The summed E-state index contributed by atoms with van der Waals surface area (Å²) in [4.78, 5) is 12.7. The predicted octanol–water partition coefficient (Wildman–Crippen LogP) is 4.30. The quantitative estimate of drug-likeness (QED) is 0.733. The van der Waals surface area contributed by atoms with Crippen LogP contribution in [0.1, 0.15) is 31.5 Å². The fraction of sp³-hybridized carbons (Fsp3) is 0.318. The standard InChI is InChI=1S/C22H23FN4O/c1-14-26-12-16(13-27-14)19-9-4-15(11-21(19)23)20-3-2-10-25-22(20)28-18-7-5-17(24)6-8-18/h2-4,9-13,17-18H,5-8,24H2,1H3. The van der Waals surface area contributed by atoms with Crippen LogP contribution in [0.25, 0.3) is 22.3 Å². The molecule has 3 aromatic rings. The van der Waals surface area contributed by atoms with Gasteiger partial charge < -0.3 is 10.5 Å². The van der Waals surface area contributed by atoms with Crippen LogP contribution in [0.2, 0.25) is 0 Å². The summed E-state index contributed by atoms with van der Waals surface area (Å²) in [6, 6.07) is 9.12. The van der Waals surface area contributed by atoms with Crippen molar-refractivity contribution >= 4 is 0 Å². The van der Waals surface area contributed by atoms with E-state index >= 15 is 0 Å². The zero-order valence-electron chi connectivity index (χ0n) is 15.8. The summed E-state index contributed by atoms with van der Waals surface area (Å²) in [5.41, 5.74) is 8.60. The lowest BCUT2D eigenvalue weighted by Gasteiger charge is -2.27. The van der Waals surface area contributed by atoms with Crippen LogP contribution in [0.3, 0.4) is 0 Å². The van der Waals surface area contributed by atoms with Crippen molar-refractivity contribution in [2.24, 2.45) is 5.73 Å². The summed E-state index contributed by atoms with van der Waals surface area (Å²) in [7, 11) is 0. The van der Waals surface area contributed by atoms with E-state index in [0.29, 0.717) is 22.8 Å². The van der Waals surface area contributed by atoms with Gasteiger partial charge >= 0.3 is 0 Å². The summed E-state index contributed by atoms with van der Waals surface area (Å²) in [6.07, 6.45) is 8.79. The maximum Gasteiger partial charge on any atom is 0.221 e. The molecule has 0 saturated heterocycles. The number of rotatable bonds is 4. The number of hydrogen-bond acceptors (Lipinski definition) is 5. The molecule has 0 aliphatic heterocycles. The van der Waals surface area contributed by atoms with Gasteiger partial charge in [-0.2, -0.15) is 0 Å². The van der Waals surface area contributed by atoms with Crippen molar-refractivity contribution in [2.45, 2.75) is 44.8 Å². The largest absolute Gasteiger partial charge is 0.474 e. The summed E-state index contributed by atoms with van der Waals surface area (Å²) in [5.74, 6) is 0.860. The number of halogens is 1. The van der Waals surface area contributed by atoms with Crippen LogP contribution in [0.5, 0.6) is 5.88 Å². The molecule has 0 amide bonds. The van der Waals surface area contributed by atoms with E-state index in [1.54, 1.807) is 31.6 Å². The van der Waals surface area contributed by atoms with Crippen molar-refractivity contribution in [3.05, 3.63) is 60.6 Å². The molecule has 144 valence electrons. The van der Waals surface area contributed by atoms with Crippen LogP contribution >= 0.6 is 0 Å². The zero-order valence-corrected chi connectivity index (χ0v) is 15.8. The van der Waals surface area contributed by atoms with Gasteiger partial charge in [-0.05, 0) is 56.4 Å². The number of ether oxygens (including phenoxy) is 1. The lowest BCUT2D eigenvalue weighted by atomic mass is 9.93. The normalized spacial score (nSPS) is 19.4. The lowest BCUT2D eigenvalue weighted by molar-refractivity contribution is 0.142. The molecule has 4 rings (SSSR count). The molecular weight excluding hydrogens is 355 g/mol. The second-order valence-corrected chi connectivity index (χ2v) is 7.22. The molecule has 1 aliphatic rings. The van der Waals surface area contributed by atoms with E-state index in [0.717, 1.165) is 36.8 Å². The van der Waals surface area contributed by atoms with E-state index in [1.807, 2.05) is 18.2 Å². The van der Waals surface area contributed by atoms with Crippen LogP contribution in [-0.4, -0.2) is 27.1 Å². The number of aryl methyl sites for hydroxylation is 1. The van der Waals surface area contributed by atoms with Crippen LogP contribution < -0.4 is 10.5 Å². The molecule has 0 atom stereocenters. The van der Waals surface area contributed by atoms with Crippen LogP contribution in [0.4, 0.5) is 4.39 Å². The Morgan fingerprint density at radius 3 is 2.43 bits per heavy atom. The Bertz CT molecular complexity index is 953. The highest BCUT2D eigenvalue weighted by molar-refractivity contribution is 5.73. The van der Waals surface area contributed by atoms with Gasteiger partial charge in [0.2, 0.25) is 5.88 Å². The third-order valence-corrected chi connectivity index (χ3v) is 5.14. The van der Waals surface area contributed by atoms with Crippen molar-refractivity contribution in [3.8, 4) is 28.1 Å². The summed E-state index contributed by atoms with van der Waals surface area (Å²) in [6.45, 7) is 1.80. The molecule has 2 heterocycles.